The van der Waals surface area contributed by atoms with Crippen molar-refractivity contribution in [3.8, 4) is 0 Å². The van der Waals surface area contributed by atoms with Crippen LogP contribution < -0.4 is 5.32 Å². The number of amides is 1. The molecular formula is C14H21NO2. The number of para-hydroxylation sites is 1. The first-order chi connectivity index (χ1) is 8.06. The predicted octanol–water partition coefficient (Wildman–Crippen LogP) is 3.09. The molecule has 1 aromatic rings. The van der Waals surface area contributed by atoms with Gasteiger partial charge in [0.25, 0.3) is 0 Å². The third kappa shape index (κ3) is 3.86. The Kier molecular flexibility index (Phi) is 5.16. The van der Waals surface area contributed by atoms with E-state index in [9.17, 15) is 4.79 Å². The summed E-state index contributed by atoms with van der Waals surface area (Å²) in [5.74, 6) is 0.292. The fourth-order valence-corrected chi connectivity index (χ4v) is 1.71. The average molecular weight is 235 g/mol. The Morgan fingerprint density at radius 3 is 2.71 bits per heavy atom. The summed E-state index contributed by atoms with van der Waals surface area (Å²) in [5, 5.41) is 2.93. The average Bonchev–Trinajstić information content (AvgIpc) is 2.28. The molecule has 0 aliphatic carbocycles. The Bertz CT molecular complexity index is 386. The Balaban J connectivity index is 2.85. The number of hydrogen-bond donors (Lipinski definition) is 1. The first-order valence-corrected chi connectivity index (χ1v) is 6.03. The van der Waals surface area contributed by atoms with Crippen molar-refractivity contribution in [2.45, 2.75) is 33.6 Å². The molecule has 1 amide bonds. The van der Waals surface area contributed by atoms with Crippen molar-refractivity contribution >= 4 is 11.6 Å². The van der Waals surface area contributed by atoms with Crippen molar-refractivity contribution < 1.29 is 9.53 Å². The van der Waals surface area contributed by atoms with Gasteiger partial charge in [-0.05, 0) is 30.9 Å². The number of carbonyl (C=O) groups is 1. The third-order valence-electron chi connectivity index (χ3n) is 2.63. The third-order valence-corrected chi connectivity index (χ3v) is 2.63. The van der Waals surface area contributed by atoms with Gasteiger partial charge in [0.15, 0.2) is 0 Å². The van der Waals surface area contributed by atoms with Gasteiger partial charge < -0.3 is 10.1 Å². The summed E-state index contributed by atoms with van der Waals surface area (Å²) >= 11 is 0. The topological polar surface area (TPSA) is 38.3 Å². The van der Waals surface area contributed by atoms with Crippen LogP contribution in [0.4, 0.5) is 5.69 Å². The second-order valence-electron chi connectivity index (χ2n) is 4.38. The predicted molar refractivity (Wildman–Crippen MR) is 70.4 cm³/mol. The van der Waals surface area contributed by atoms with Crippen molar-refractivity contribution in [3.05, 3.63) is 29.3 Å². The number of anilines is 1. The summed E-state index contributed by atoms with van der Waals surface area (Å²) in [4.78, 5) is 11.7. The molecule has 0 aliphatic rings. The molecule has 0 bridgehead atoms. The van der Waals surface area contributed by atoms with Crippen LogP contribution in [0.2, 0.25) is 0 Å². The maximum atomic E-state index is 11.7. The molecule has 17 heavy (non-hydrogen) atoms. The van der Waals surface area contributed by atoms with Crippen LogP contribution in [0.15, 0.2) is 18.2 Å². The summed E-state index contributed by atoms with van der Waals surface area (Å²) in [6, 6.07) is 6.07. The van der Waals surface area contributed by atoms with Gasteiger partial charge in [0.2, 0.25) is 5.91 Å². The highest BCUT2D eigenvalue weighted by atomic mass is 16.5. The molecule has 3 heteroatoms. The van der Waals surface area contributed by atoms with Crippen LogP contribution in [0.5, 0.6) is 0 Å². The molecular weight excluding hydrogens is 214 g/mol. The number of aryl methyl sites for hydroxylation is 1. The highest BCUT2D eigenvalue weighted by molar-refractivity contribution is 5.93. The lowest BCUT2D eigenvalue weighted by Crippen LogP contribution is -2.20. The highest BCUT2D eigenvalue weighted by Crippen LogP contribution is 2.27. The molecule has 0 fully saturated rings. The Morgan fingerprint density at radius 2 is 2.12 bits per heavy atom. The summed E-state index contributed by atoms with van der Waals surface area (Å²) in [5.41, 5.74) is 3.17. The van der Waals surface area contributed by atoms with Gasteiger partial charge in [-0.25, -0.2) is 0 Å². The van der Waals surface area contributed by atoms with E-state index in [1.54, 1.807) is 0 Å². The summed E-state index contributed by atoms with van der Waals surface area (Å²) < 4.78 is 5.10. The molecule has 1 rings (SSSR count). The van der Waals surface area contributed by atoms with Crippen molar-refractivity contribution in [1.82, 2.24) is 0 Å². The van der Waals surface area contributed by atoms with Gasteiger partial charge >= 0.3 is 0 Å². The molecule has 3 nitrogen and oxygen atoms in total. The normalized spacial score (nSPS) is 10.6. The van der Waals surface area contributed by atoms with Gasteiger partial charge in [-0.15, -0.1) is 0 Å². The number of nitrogens with one attached hydrogen (secondary N) is 1. The number of benzene rings is 1. The lowest BCUT2D eigenvalue weighted by molar-refractivity contribution is -0.120. The lowest BCUT2D eigenvalue weighted by Gasteiger charge is -2.16. The quantitative estimate of drug-likeness (QED) is 0.851. The van der Waals surface area contributed by atoms with Crippen LogP contribution in [0, 0.1) is 6.92 Å². The maximum Gasteiger partial charge on any atom is 0.250 e. The second kappa shape index (κ2) is 6.40. The zero-order valence-corrected chi connectivity index (χ0v) is 11.0. The minimum absolute atomic E-state index is 0.0944. The molecule has 0 unspecified atom stereocenters. The first kappa shape index (κ1) is 13.7. The monoisotopic (exact) mass is 235 g/mol. The molecule has 0 spiro atoms. The Hall–Kier alpha value is -1.35. The van der Waals surface area contributed by atoms with Gasteiger partial charge in [-0.2, -0.15) is 0 Å². The van der Waals surface area contributed by atoms with Gasteiger partial charge in [-0.3, -0.25) is 4.79 Å². The van der Waals surface area contributed by atoms with Crippen molar-refractivity contribution in [1.29, 1.82) is 0 Å². The van der Waals surface area contributed by atoms with Crippen molar-refractivity contribution in [2.75, 3.05) is 18.5 Å². The van der Waals surface area contributed by atoms with Crippen molar-refractivity contribution in [2.24, 2.45) is 0 Å². The molecule has 94 valence electrons. The lowest BCUT2D eigenvalue weighted by atomic mass is 9.98. The maximum absolute atomic E-state index is 11.7. The highest BCUT2D eigenvalue weighted by Gasteiger charge is 2.11. The van der Waals surface area contributed by atoms with Crippen LogP contribution in [0.25, 0.3) is 0 Å². The SMILES string of the molecule is CCOCC(=O)Nc1c(C)cccc1C(C)C. The smallest absolute Gasteiger partial charge is 0.250 e. The van der Waals surface area contributed by atoms with E-state index in [0.717, 1.165) is 16.8 Å². The van der Waals surface area contributed by atoms with Gasteiger partial charge in [-0.1, -0.05) is 32.0 Å². The molecule has 0 saturated carbocycles. The van der Waals surface area contributed by atoms with E-state index in [1.807, 2.05) is 32.0 Å². The van der Waals surface area contributed by atoms with E-state index < -0.39 is 0 Å². The number of carbonyl (C=O) groups excluding carboxylic acids is 1. The van der Waals surface area contributed by atoms with E-state index in [1.165, 1.54) is 0 Å². The summed E-state index contributed by atoms with van der Waals surface area (Å²) in [6.07, 6.45) is 0. The molecule has 0 aromatic heterocycles. The number of rotatable bonds is 5. The molecule has 0 atom stereocenters. The minimum Gasteiger partial charge on any atom is -0.372 e. The summed E-state index contributed by atoms with van der Waals surface area (Å²) in [6.45, 7) is 8.78. The molecule has 1 N–H and O–H groups in total. The fourth-order valence-electron chi connectivity index (χ4n) is 1.71. The van der Waals surface area contributed by atoms with E-state index >= 15 is 0 Å². The minimum atomic E-state index is -0.0944. The molecule has 0 heterocycles. The van der Waals surface area contributed by atoms with Crippen LogP contribution in [-0.2, 0) is 9.53 Å². The summed E-state index contributed by atoms with van der Waals surface area (Å²) in [7, 11) is 0. The van der Waals surface area contributed by atoms with Crippen molar-refractivity contribution in [3.63, 3.8) is 0 Å². The second-order valence-corrected chi connectivity index (χ2v) is 4.38. The number of hydrogen-bond acceptors (Lipinski definition) is 2. The van der Waals surface area contributed by atoms with Crippen LogP contribution in [0.3, 0.4) is 0 Å². The van der Waals surface area contributed by atoms with E-state index in [2.05, 4.69) is 19.2 Å². The van der Waals surface area contributed by atoms with Gasteiger partial charge in [0.05, 0.1) is 0 Å². The van der Waals surface area contributed by atoms with Gasteiger partial charge in [0, 0.05) is 12.3 Å². The van der Waals surface area contributed by atoms with E-state index in [-0.39, 0.29) is 12.5 Å². The molecule has 1 aromatic carbocycles. The fraction of sp³-hybridized carbons (Fsp3) is 0.500. The van der Waals surface area contributed by atoms with Crippen LogP contribution in [-0.4, -0.2) is 19.1 Å². The van der Waals surface area contributed by atoms with Gasteiger partial charge in [0.1, 0.15) is 6.61 Å². The first-order valence-electron chi connectivity index (χ1n) is 6.03. The number of ether oxygens (including phenoxy) is 1. The Morgan fingerprint density at radius 1 is 1.41 bits per heavy atom. The van der Waals surface area contributed by atoms with E-state index in [4.69, 9.17) is 4.74 Å². The molecule has 0 aliphatic heterocycles. The van der Waals surface area contributed by atoms with E-state index in [0.29, 0.717) is 12.5 Å². The van der Waals surface area contributed by atoms with Crippen LogP contribution in [0.1, 0.15) is 37.8 Å². The Labute approximate surface area is 103 Å². The van der Waals surface area contributed by atoms with Crippen LogP contribution >= 0.6 is 0 Å². The standard InChI is InChI=1S/C14H21NO2/c1-5-17-9-13(16)15-14-11(4)7-6-8-12(14)10(2)3/h6-8,10H,5,9H2,1-4H3,(H,15,16). The molecule has 0 saturated heterocycles. The zero-order chi connectivity index (χ0) is 12.8. The molecule has 0 radical (unpaired) electrons. The largest absolute Gasteiger partial charge is 0.372 e. The zero-order valence-electron chi connectivity index (χ0n) is 11.0.